The highest BCUT2D eigenvalue weighted by atomic mass is 19.2. The fraction of sp³-hybridized carbons (Fsp3) is 0.312. The molecule has 0 aliphatic carbocycles. The largest absolute Gasteiger partial charge is 0.493 e. The molecular formula is C32H34F2N2O3. The Bertz CT molecular complexity index is 1290. The van der Waals surface area contributed by atoms with Gasteiger partial charge in [0, 0.05) is 43.3 Å². The van der Waals surface area contributed by atoms with Crippen molar-refractivity contribution >= 4 is 17.7 Å². The Labute approximate surface area is 228 Å². The second-order valence-corrected chi connectivity index (χ2v) is 9.59. The van der Waals surface area contributed by atoms with Gasteiger partial charge in [-0.1, -0.05) is 49.1 Å². The van der Waals surface area contributed by atoms with E-state index in [1.807, 2.05) is 30.3 Å². The van der Waals surface area contributed by atoms with Crippen LogP contribution in [0.2, 0.25) is 0 Å². The zero-order chi connectivity index (χ0) is 27.8. The Hall–Kier alpha value is -3.84. The summed E-state index contributed by atoms with van der Waals surface area (Å²) < 4.78 is 41.3. The molecule has 39 heavy (non-hydrogen) atoms. The average Bonchev–Trinajstić information content (AvgIpc) is 3.23. The summed E-state index contributed by atoms with van der Waals surface area (Å²) in [6.07, 6.45) is 7.51. The van der Waals surface area contributed by atoms with Crippen LogP contribution in [0.15, 0.2) is 95.7 Å². The highest BCUT2D eigenvalue weighted by molar-refractivity contribution is 6.10. The van der Waals surface area contributed by atoms with E-state index >= 15 is 8.78 Å². The molecule has 0 radical (unpaired) electrons. The van der Waals surface area contributed by atoms with Gasteiger partial charge in [0.15, 0.2) is 17.4 Å². The van der Waals surface area contributed by atoms with Crippen molar-refractivity contribution in [2.75, 3.05) is 44.9 Å². The van der Waals surface area contributed by atoms with Gasteiger partial charge in [-0.3, -0.25) is 9.79 Å². The Kier molecular flexibility index (Phi) is 9.60. The van der Waals surface area contributed by atoms with E-state index in [4.69, 9.17) is 9.47 Å². The van der Waals surface area contributed by atoms with Crippen molar-refractivity contribution in [2.24, 2.45) is 4.99 Å². The van der Waals surface area contributed by atoms with Crippen LogP contribution in [0.25, 0.3) is 0 Å². The van der Waals surface area contributed by atoms with Gasteiger partial charge in [0.2, 0.25) is 5.78 Å². The second kappa shape index (κ2) is 13.3. The molecule has 5 nitrogen and oxygen atoms in total. The minimum atomic E-state index is -0.947. The average molecular weight is 533 g/mol. The molecule has 0 spiro atoms. The van der Waals surface area contributed by atoms with Crippen molar-refractivity contribution in [2.45, 2.75) is 24.7 Å². The quantitative estimate of drug-likeness (QED) is 0.205. The van der Waals surface area contributed by atoms with Crippen LogP contribution in [0.5, 0.6) is 0 Å². The third kappa shape index (κ3) is 6.60. The van der Waals surface area contributed by atoms with Crippen LogP contribution in [-0.2, 0) is 14.3 Å². The second-order valence-electron chi connectivity index (χ2n) is 9.59. The first-order valence-electron chi connectivity index (χ1n) is 13.1. The summed E-state index contributed by atoms with van der Waals surface area (Å²) >= 11 is 0. The van der Waals surface area contributed by atoms with Crippen LogP contribution in [0.1, 0.15) is 35.8 Å². The number of halogens is 2. The first-order valence-corrected chi connectivity index (χ1v) is 13.1. The number of methoxy groups -OCH3 is 1. The standard InChI is InChI=1S/C32H34F2N2O3/c1-4-8-25(27-11-12-28(31(34)30(27)33)36-15-17-39-18-16-36)20-29(38-3)32(37)22(2)24-13-14-35-21-26(19-24)23-9-6-5-7-10-23/h4-7,9-14,20,25-26H,1-2,8,15-19,21H2,3H3. The molecule has 2 aromatic rings. The molecule has 2 aromatic carbocycles. The fourth-order valence-corrected chi connectivity index (χ4v) is 4.97. The minimum Gasteiger partial charge on any atom is -0.493 e. The molecule has 0 amide bonds. The lowest BCUT2D eigenvalue weighted by molar-refractivity contribution is -0.114. The fourth-order valence-electron chi connectivity index (χ4n) is 4.97. The van der Waals surface area contributed by atoms with Gasteiger partial charge in [-0.2, -0.15) is 0 Å². The molecule has 0 saturated carbocycles. The number of ether oxygens (including phenoxy) is 2. The van der Waals surface area contributed by atoms with Gasteiger partial charge in [0.25, 0.3) is 0 Å². The van der Waals surface area contributed by atoms with E-state index in [1.54, 1.807) is 35.4 Å². The first kappa shape index (κ1) is 28.2. The van der Waals surface area contributed by atoms with Gasteiger partial charge in [0.1, 0.15) is 0 Å². The van der Waals surface area contributed by atoms with Gasteiger partial charge < -0.3 is 14.4 Å². The molecule has 7 heteroatoms. The normalized spacial score (nSPS) is 18.6. The number of hydrogen-bond donors (Lipinski definition) is 0. The van der Waals surface area contributed by atoms with Crippen LogP contribution >= 0.6 is 0 Å². The number of hydrogen-bond acceptors (Lipinski definition) is 5. The SMILES string of the molecule is C=CCC(C=C(OC)C(=O)C(=C)C1=CC=NCC(c2ccccc2)C1)c1ccc(N2CCOCC2)c(F)c1F. The number of aliphatic imine (C=N–C) groups is 1. The van der Waals surface area contributed by atoms with E-state index in [9.17, 15) is 4.79 Å². The van der Waals surface area contributed by atoms with E-state index in [-0.39, 0.29) is 34.9 Å². The first-order chi connectivity index (χ1) is 18.9. The van der Waals surface area contributed by atoms with Gasteiger partial charge in [0.05, 0.1) is 26.0 Å². The molecule has 2 aliphatic rings. The number of rotatable bonds is 10. The third-order valence-corrected chi connectivity index (χ3v) is 7.17. The Morgan fingerprint density at radius 3 is 2.62 bits per heavy atom. The van der Waals surface area contributed by atoms with Crippen LogP contribution in [0, 0.1) is 11.6 Å². The number of carbonyl (C=O) groups excluding carboxylic acids is 1. The summed E-state index contributed by atoms with van der Waals surface area (Å²) in [4.78, 5) is 19.7. The minimum absolute atomic E-state index is 0.0160. The molecule has 2 aliphatic heterocycles. The summed E-state index contributed by atoms with van der Waals surface area (Å²) in [5.41, 5.74) is 2.50. The van der Waals surface area contributed by atoms with Crippen molar-refractivity contribution in [1.82, 2.24) is 0 Å². The summed E-state index contributed by atoms with van der Waals surface area (Å²) in [7, 11) is 1.39. The molecule has 204 valence electrons. The van der Waals surface area contributed by atoms with E-state index in [0.29, 0.717) is 39.3 Å². The third-order valence-electron chi connectivity index (χ3n) is 7.17. The van der Waals surface area contributed by atoms with Crippen molar-refractivity contribution < 1.29 is 23.0 Å². The lowest BCUT2D eigenvalue weighted by Gasteiger charge is -2.29. The molecule has 2 atom stereocenters. The van der Waals surface area contributed by atoms with Crippen LogP contribution in [-0.4, -0.2) is 52.0 Å². The summed E-state index contributed by atoms with van der Waals surface area (Å²) in [5.74, 6) is -2.82. The Morgan fingerprint density at radius 2 is 1.92 bits per heavy atom. The number of allylic oxidation sites excluding steroid dienone is 5. The van der Waals surface area contributed by atoms with Crippen molar-refractivity contribution in [3.05, 3.63) is 114 Å². The van der Waals surface area contributed by atoms with Crippen molar-refractivity contribution in [3.8, 4) is 0 Å². The number of Topliss-reactive ketones (excluding diaryl/α,β-unsaturated/α-hetero) is 1. The molecule has 2 heterocycles. The highest BCUT2D eigenvalue weighted by Crippen LogP contribution is 2.34. The maximum Gasteiger partial charge on any atom is 0.226 e. The smallest absolute Gasteiger partial charge is 0.226 e. The number of ketones is 1. The van der Waals surface area contributed by atoms with Crippen molar-refractivity contribution in [1.29, 1.82) is 0 Å². The van der Waals surface area contributed by atoms with Gasteiger partial charge >= 0.3 is 0 Å². The number of morpholine rings is 1. The van der Waals surface area contributed by atoms with E-state index in [0.717, 1.165) is 11.1 Å². The molecule has 4 rings (SSSR count). The maximum absolute atomic E-state index is 15.4. The van der Waals surface area contributed by atoms with Crippen LogP contribution < -0.4 is 4.90 Å². The van der Waals surface area contributed by atoms with Crippen LogP contribution in [0.4, 0.5) is 14.5 Å². The molecule has 1 fully saturated rings. The van der Waals surface area contributed by atoms with Crippen molar-refractivity contribution in [3.63, 3.8) is 0 Å². The highest BCUT2D eigenvalue weighted by Gasteiger charge is 2.26. The summed E-state index contributed by atoms with van der Waals surface area (Å²) in [5, 5.41) is 0. The number of nitrogens with zero attached hydrogens (tertiary/aromatic N) is 2. The van der Waals surface area contributed by atoms with E-state index < -0.39 is 23.3 Å². The van der Waals surface area contributed by atoms with Gasteiger partial charge in [-0.25, -0.2) is 8.78 Å². The molecule has 0 bridgehead atoms. The lowest BCUT2D eigenvalue weighted by Crippen LogP contribution is -2.37. The zero-order valence-corrected chi connectivity index (χ0v) is 22.2. The van der Waals surface area contributed by atoms with Crippen LogP contribution in [0.3, 0.4) is 0 Å². The molecule has 1 saturated heterocycles. The predicted octanol–water partition coefficient (Wildman–Crippen LogP) is 6.30. The molecular weight excluding hydrogens is 498 g/mol. The lowest BCUT2D eigenvalue weighted by atomic mass is 9.87. The van der Waals surface area contributed by atoms with E-state index in [1.165, 1.54) is 13.2 Å². The predicted molar refractivity (Wildman–Crippen MR) is 151 cm³/mol. The summed E-state index contributed by atoms with van der Waals surface area (Å²) in [6, 6.07) is 13.2. The molecule has 0 aromatic heterocycles. The zero-order valence-electron chi connectivity index (χ0n) is 22.2. The number of anilines is 1. The van der Waals surface area contributed by atoms with Gasteiger partial charge in [-0.05, 0) is 47.8 Å². The van der Waals surface area contributed by atoms with E-state index in [2.05, 4.69) is 18.2 Å². The number of carbonyl (C=O) groups is 1. The topological polar surface area (TPSA) is 51.1 Å². The summed E-state index contributed by atoms with van der Waals surface area (Å²) in [6.45, 7) is 10.3. The number of benzene rings is 2. The Balaban J connectivity index is 1.58. The Morgan fingerprint density at radius 1 is 1.18 bits per heavy atom. The monoisotopic (exact) mass is 532 g/mol. The van der Waals surface area contributed by atoms with Gasteiger partial charge in [-0.15, -0.1) is 6.58 Å². The molecule has 0 N–H and O–H groups in total. The molecule has 2 unspecified atom stereocenters. The maximum atomic E-state index is 15.4.